The average Bonchev–Trinajstić information content (AvgIpc) is 3.14. The number of nitrogens with one attached hydrogen (secondary N) is 1. The topological polar surface area (TPSA) is 33.7 Å². The molecule has 1 aliphatic heterocycles. The van der Waals surface area contributed by atoms with Crippen LogP contribution in [0.15, 0.2) is 59.1 Å². The van der Waals surface area contributed by atoms with Crippen molar-refractivity contribution in [3.63, 3.8) is 0 Å². The van der Waals surface area contributed by atoms with E-state index in [1.165, 1.54) is 16.2 Å². The molecule has 0 bridgehead atoms. The van der Waals surface area contributed by atoms with Crippen molar-refractivity contribution in [2.24, 2.45) is 0 Å². The monoisotopic (exact) mass is 368 g/mol. The molecule has 4 rings (SSSR count). The molecule has 1 fully saturated rings. The van der Waals surface area contributed by atoms with E-state index in [1.807, 2.05) is 42.6 Å². The van der Waals surface area contributed by atoms with Gasteiger partial charge >= 0.3 is 0 Å². The Labute approximate surface area is 159 Å². The first-order chi connectivity index (χ1) is 12.7. The molecular formula is C21H23ClN3O+. The summed E-state index contributed by atoms with van der Waals surface area (Å²) in [6.07, 6.45) is 1.83. The zero-order chi connectivity index (χ0) is 17.9. The van der Waals surface area contributed by atoms with E-state index in [0.717, 1.165) is 55.0 Å². The number of benzene rings is 2. The van der Waals surface area contributed by atoms with Crippen LogP contribution < -0.4 is 9.80 Å². The molecule has 0 unspecified atom stereocenters. The Morgan fingerprint density at radius 1 is 1.12 bits per heavy atom. The summed E-state index contributed by atoms with van der Waals surface area (Å²) < 4.78 is 5.96. The number of piperazine rings is 1. The molecule has 0 aliphatic carbocycles. The Kier molecular flexibility index (Phi) is 4.96. The number of aromatic nitrogens is 1. The Hall–Kier alpha value is -2.30. The molecule has 0 spiro atoms. The zero-order valence-electron chi connectivity index (χ0n) is 14.9. The van der Waals surface area contributed by atoms with Gasteiger partial charge in [0.05, 0.1) is 32.4 Å². The van der Waals surface area contributed by atoms with Crippen LogP contribution in [0.25, 0.3) is 11.3 Å². The van der Waals surface area contributed by atoms with Gasteiger partial charge in [-0.25, -0.2) is 4.98 Å². The quantitative estimate of drug-likeness (QED) is 0.767. The lowest BCUT2D eigenvalue weighted by Gasteiger charge is -2.34. The second-order valence-corrected chi connectivity index (χ2v) is 7.27. The summed E-state index contributed by atoms with van der Waals surface area (Å²) in [5.74, 6) is 1.65. The van der Waals surface area contributed by atoms with E-state index in [-0.39, 0.29) is 0 Å². The van der Waals surface area contributed by atoms with Gasteiger partial charge in [0.1, 0.15) is 0 Å². The van der Waals surface area contributed by atoms with Gasteiger partial charge in [-0.1, -0.05) is 48.0 Å². The molecule has 4 nitrogen and oxygen atoms in total. The molecule has 0 atom stereocenters. The van der Waals surface area contributed by atoms with E-state index >= 15 is 0 Å². The molecule has 1 saturated heterocycles. The highest BCUT2D eigenvalue weighted by atomic mass is 35.5. The minimum atomic E-state index is 0.800. The Morgan fingerprint density at radius 2 is 1.88 bits per heavy atom. The van der Waals surface area contributed by atoms with Crippen molar-refractivity contribution in [1.82, 2.24) is 4.98 Å². The maximum Gasteiger partial charge on any atom is 0.250 e. The number of rotatable bonds is 4. The van der Waals surface area contributed by atoms with E-state index in [2.05, 4.69) is 28.9 Å². The number of anilines is 1. The summed E-state index contributed by atoms with van der Waals surface area (Å²) in [5.41, 5.74) is 3.60. The number of oxazole rings is 1. The Morgan fingerprint density at radius 3 is 2.65 bits per heavy atom. The summed E-state index contributed by atoms with van der Waals surface area (Å²) in [7, 11) is 0. The molecule has 1 aromatic heterocycles. The normalized spacial score (nSPS) is 15.4. The van der Waals surface area contributed by atoms with Crippen molar-refractivity contribution in [2.75, 3.05) is 31.1 Å². The fraction of sp³-hybridized carbons (Fsp3) is 0.286. The molecule has 1 N–H and O–H groups in total. The molecule has 134 valence electrons. The van der Waals surface area contributed by atoms with Crippen LogP contribution in [-0.4, -0.2) is 31.2 Å². The van der Waals surface area contributed by atoms with Crippen molar-refractivity contribution < 1.29 is 9.32 Å². The fourth-order valence-electron chi connectivity index (χ4n) is 3.51. The first-order valence-corrected chi connectivity index (χ1v) is 9.41. The third-order valence-electron chi connectivity index (χ3n) is 5.00. The molecule has 5 heteroatoms. The van der Waals surface area contributed by atoms with Gasteiger partial charge in [0.25, 0.3) is 5.89 Å². The number of hydrogen-bond acceptors (Lipinski definition) is 3. The van der Waals surface area contributed by atoms with Gasteiger partial charge in [0.2, 0.25) is 0 Å². The smallest absolute Gasteiger partial charge is 0.250 e. The van der Waals surface area contributed by atoms with Crippen molar-refractivity contribution in [3.05, 3.63) is 71.2 Å². The highest BCUT2D eigenvalue weighted by molar-refractivity contribution is 6.30. The van der Waals surface area contributed by atoms with Gasteiger partial charge in [-0.05, 0) is 24.6 Å². The molecule has 0 saturated carbocycles. The zero-order valence-corrected chi connectivity index (χ0v) is 15.7. The lowest BCUT2D eigenvalue weighted by molar-refractivity contribution is -0.915. The average molecular weight is 369 g/mol. The molecule has 1 aliphatic rings. The second-order valence-electron chi connectivity index (χ2n) is 6.83. The van der Waals surface area contributed by atoms with Gasteiger partial charge in [-0.3, -0.25) is 0 Å². The summed E-state index contributed by atoms with van der Waals surface area (Å²) in [4.78, 5) is 8.40. The van der Waals surface area contributed by atoms with Gasteiger partial charge in [-0.15, -0.1) is 0 Å². The van der Waals surface area contributed by atoms with Gasteiger partial charge in [0, 0.05) is 16.3 Å². The SMILES string of the molecule is Cc1ccc(Cl)cc1N1CC[NH+](Cc2ncc(-c3ccccc3)o2)CC1. The molecule has 0 radical (unpaired) electrons. The molecule has 0 amide bonds. The second kappa shape index (κ2) is 7.52. The lowest BCUT2D eigenvalue weighted by atomic mass is 10.1. The largest absolute Gasteiger partial charge is 0.435 e. The highest BCUT2D eigenvalue weighted by Gasteiger charge is 2.23. The molecule has 2 heterocycles. The van der Waals surface area contributed by atoms with Crippen LogP contribution in [0, 0.1) is 6.92 Å². The number of quaternary nitrogens is 1. The predicted molar refractivity (Wildman–Crippen MR) is 105 cm³/mol. The minimum Gasteiger partial charge on any atom is -0.435 e. The summed E-state index contributed by atoms with van der Waals surface area (Å²) in [6.45, 7) is 7.13. The third-order valence-corrected chi connectivity index (χ3v) is 5.23. The van der Waals surface area contributed by atoms with Crippen LogP contribution in [0.3, 0.4) is 0 Å². The van der Waals surface area contributed by atoms with Crippen molar-refractivity contribution in [3.8, 4) is 11.3 Å². The number of nitrogens with zero attached hydrogens (tertiary/aromatic N) is 2. The first-order valence-electron chi connectivity index (χ1n) is 9.04. The number of halogens is 1. The molecule has 2 aromatic carbocycles. The van der Waals surface area contributed by atoms with E-state index < -0.39 is 0 Å². The number of hydrogen-bond donors (Lipinski definition) is 1. The van der Waals surface area contributed by atoms with Gasteiger partial charge in [-0.2, -0.15) is 0 Å². The summed E-state index contributed by atoms with van der Waals surface area (Å²) in [5, 5.41) is 0.800. The Balaban J connectivity index is 1.37. The lowest BCUT2D eigenvalue weighted by Crippen LogP contribution is -3.13. The van der Waals surface area contributed by atoms with E-state index in [1.54, 1.807) is 0 Å². The van der Waals surface area contributed by atoms with Gasteiger partial charge < -0.3 is 14.2 Å². The van der Waals surface area contributed by atoms with Crippen molar-refractivity contribution >= 4 is 17.3 Å². The van der Waals surface area contributed by atoms with Crippen LogP contribution in [0.2, 0.25) is 5.02 Å². The van der Waals surface area contributed by atoms with Crippen LogP contribution in [0.4, 0.5) is 5.69 Å². The van der Waals surface area contributed by atoms with E-state index in [9.17, 15) is 0 Å². The molecule has 3 aromatic rings. The highest BCUT2D eigenvalue weighted by Crippen LogP contribution is 2.24. The van der Waals surface area contributed by atoms with Crippen molar-refractivity contribution in [1.29, 1.82) is 0 Å². The van der Waals surface area contributed by atoms with E-state index in [4.69, 9.17) is 16.0 Å². The van der Waals surface area contributed by atoms with Gasteiger partial charge in [0.15, 0.2) is 12.3 Å². The van der Waals surface area contributed by atoms with Crippen LogP contribution in [0.5, 0.6) is 0 Å². The summed E-state index contributed by atoms with van der Waals surface area (Å²) >= 11 is 6.17. The fourth-order valence-corrected chi connectivity index (χ4v) is 3.67. The third kappa shape index (κ3) is 3.76. The van der Waals surface area contributed by atoms with Crippen LogP contribution in [-0.2, 0) is 6.54 Å². The molecular weight excluding hydrogens is 346 g/mol. The standard InChI is InChI=1S/C21H22ClN3O/c1-16-7-8-18(22)13-19(16)25-11-9-24(10-12-25)15-21-23-14-20(26-21)17-5-3-2-4-6-17/h2-8,13-14H,9-12,15H2,1H3/p+1. The number of aryl methyl sites for hydroxylation is 1. The predicted octanol–water partition coefficient (Wildman–Crippen LogP) is 3.21. The maximum absolute atomic E-state index is 6.17. The first kappa shape index (κ1) is 17.1. The van der Waals surface area contributed by atoms with Crippen LogP contribution >= 0.6 is 11.6 Å². The van der Waals surface area contributed by atoms with E-state index in [0.29, 0.717) is 0 Å². The minimum absolute atomic E-state index is 0.800. The molecule has 26 heavy (non-hydrogen) atoms. The van der Waals surface area contributed by atoms with Crippen molar-refractivity contribution in [2.45, 2.75) is 13.5 Å². The van der Waals surface area contributed by atoms with Crippen LogP contribution in [0.1, 0.15) is 11.5 Å². The maximum atomic E-state index is 6.17. The summed E-state index contributed by atoms with van der Waals surface area (Å²) in [6, 6.07) is 16.2. The Bertz CT molecular complexity index is 870.